The van der Waals surface area contributed by atoms with Crippen molar-refractivity contribution in [2.75, 3.05) is 49.6 Å². The average Bonchev–Trinajstić information content (AvgIpc) is 2.45. The molecule has 1 aliphatic heterocycles. The Labute approximate surface area is 116 Å². The molecular formula is C14H25N5. The molecule has 0 aromatic carbocycles. The van der Waals surface area contributed by atoms with Crippen molar-refractivity contribution in [2.24, 2.45) is 0 Å². The minimum absolute atomic E-state index is 0.856. The molecule has 2 rings (SSSR count). The van der Waals surface area contributed by atoms with E-state index in [2.05, 4.69) is 45.1 Å². The second-order valence-electron chi connectivity index (χ2n) is 5.14. The number of piperazine rings is 1. The fourth-order valence-electron chi connectivity index (χ4n) is 2.30. The number of hydrogen-bond donors (Lipinski definition) is 1. The molecule has 1 aromatic rings. The van der Waals surface area contributed by atoms with Gasteiger partial charge >= 0.3 is 0 Å². The van der Waals surface area contributed by atoms with Crippen molar-refractivity contribution in [1.29, 1.82) is 0 Å². The summed E-state index contributed by atoms with van der Waals surface area (Å²) in [5, 5.41) is 3.37. The maximum atomic E-state index is 4.58. The number of unbranched alkanes of at least 4 members (excludes halogenated alkanes) is 1. The van der Waals surface area contributed by atoms with E-state index in [1.807, 2.05) is 6.92 Å². The summed E-state index contributed by atoms with van der Waals surface area (Å²) < 4.78 is 0. The minimum atomic E-state index is 0.856. The van der Waals surface area contributed by atoms with Crippen LogP contribution in [0.2, 0.25) is 0 Å². The molecular weight excluding hydrogens is 238 g/mol. The van der Waals surface area contributed by atoms with Crippen LogP contribution in [0.5, 0.6) is 0 Å². The summed E-state index contributed by atoms with van der Waals surface area (Å²) in [6.07, 6.45) is 2.40. The molecule has 0 radical (unpaired) electrons. The third-order valence-corrected chi connectivity index (χ3v) is 3.49. The minimum Gasteiger partial charge on any atom is -0.360 e. The standard InChI is InChI=1S/C14H25N5/c1-4-5-8-18(3)13-11-14(17-12(2)16-13)19-9-6-15-7-10-19/h11,15H,4-10H2,1-3H3. The van der Waals surface area contributed by atoms with Crippen LogP contribution in [-0.2, 0) is 0 Å². The summed E-state index contributed by atoms with van der Waals surface area (Å²) in [6, 6.07) is 2.12. The summed E-state index contributed by atoms with van der Waals surface area (Å²) in [5.74, 6) is 2.95. The van der Waals surface area contributed by atoms with Crippen molar-refractivity contribution >= 4 is 11.6 Å². The van der Waals surface area contributed by atoms with E-state index in [1.54, 1.807) is 0 Å². The summed E-state index contributed by atoms with van der Waals surface area (Å²) in [4.78, 5) is 13.7. The van der Waals surface area contributed by atoms with Gasteiger partial charge in [-0.2, -0.15) is 0 Å². The maximum absolute atomic E-state index is 4.58. The Balaban J connectivity index is 2.13. The number of anilines is 2. The normalized spacial score (nSPS) is 15.6. The van der Waals surface area contributed by atoms with Gasteiger partial charge in [0.25, 0.3) is 0 Å². The summed E-state index contributed by atoms with van der Waals surface area (Å²) >= 11 is 0. The molecule has 0 amide bonds. The molecule has 0 atom stereocenters. The monoisotopic (exact) mass is 263 g/mol. The zero-order valence-corrected chi connectivity index (χ0v) is 12.3. The van der Waals surface area contributed by atoms with Gasteiger partial charge in [0.1, 0.15) is 17.5 Å². The zero-order chi connectivity index (χ0) is 13.7. The lowest BCUT2D eigenvalue weighted by Gasteiger charge is -2.29. The molecule has 19 heavy (non-hydrogen) atoms. The van der Waals surface area contributed by atoms with Crippen LogP contribution in [0, 0.1) is 6.92 Å². The largest absolute Gasteiger partial charge is 0.360 e. The van der Waals surface area contributed by atoms with Gasteiger partial charge in [0.2, 0.25) is 0 Å². The van der Waals surface area contributed by atoms with Gasteiger partial charge in [0.05, 0.1) is 0 Å². The first-order valence-electron chi connectivity index (χ1n) is 7.23. The number of nitrogens with one attached hydrogen (secondary N) is 1. The van der Waals surface area contributed by atoms with Crippen LogP contribution in [-0.4, -0.2) is 49.7 Å². The third-order valence-electron chi connectivity index (χ3n) is 3.49. The van der Waals surface area contributed by atoms with E-state index < -0.39 is 0 Å². The highest BCUT2D eigenvalue weighted by atomic mass is 15.3. The second-order valence-corrected chi connectivity index (χ2v) is 5.14. The molecule has 1 saturated heterocycles. The predicted molar refractivity (Wildman–Crippen MR) is 80.0 cm³/mol. The second kappa shape index (κ2) is 6.70. The van der Waals surface area contributed by atoms with E-state index in [0.717, 1.165) is 50.2 Å². The van der Waals surface area contributed by atoms with Crippen molar-refractivity contribution in [2.45, 2.75) is 26.7 Å². The molecule has 0 bridgehead atoms. The lowest BCUT2D eigenvalue weighted by atomic mass is 10.3. The molecule has 0 aliphatic carbocycles. The van der Waals surface area contributed by atoms with Crippen molar-refractivity contribution in [3.63, 3.8) is 0 Å². The van der Waals surface area contributed by atoms with Gasteiger partial charge in [-0.3, -0.25) is 0 Å². The topological polar surface area (TPSA) is 44.3 Å². The highest BCUT2D eigenvalue weighted by Crippen LogP contribution is 2.19. The Bertz CT molecular complexity index is 401. The van der Waals surface area contributed by atoms with Crippen molar-refractivity contribution in [3.8, 4) is 0 Å². The first-order valence-corrected chi connectivity index (χ1v) is 7.23. The molecule has 1 N–H and O–H groups in total. The number of aryl methyl sites for hydroxylation is 1. The molecule has 2 heterocycles. The molecule has 1 fully saturated rings. The van der Waals surface area contributed by atoms with E-state index >= 15 is 0 Å². The molecule has 0 saturated carbocycles. The quantitative estimate of drug-likeness (QED) is 0.870. The van der Waals surface area contributed by atoms with Crippen LogP contribution >= 0.6 is 0 Å². The lowest BCUT2D eigenvalue weighted by molar-refractivity contribution is 0.584. The fraction of sp³-hybridized carbons (Fsp3) is 0.714. The van der Waals surface area contributed by atoms with Crippen LogP contribution in [0.15, 0.2) is 6.07 Å². The molecule has 106 valence electrons. The van der Waals surface area contributed by atoms with Gasteiger partial charge in [0, 0.05) is 45.8 Å². The SMILES string of the molecule is CCCCN(C)c1cc(N2CCNCC2)nc(C)n1. The van der Waals surface area contributed by atoms with Gasteiger partial charge in [-0.05, 0) is 13.3 Å². The molecule has 1 aliphatic rings. The smallest absolute Gasteiger partial charge is 0.134 e. The van der Waals surface area contributed by atoms with Crippen molar-refractivity contribution < 1.29 is 0 Å². The molecule has 0 unspecified atom stereocenters. The lowest BCUT2D eigenvalue weighted by Crippen LogP contribution is -2.44. The van der Waals surface area contributed by atoms with Crippen LogP contribution in [0.4, 0.5) is 11.6 Å². The van der Waals surface area contributed by atoms with Crippen molar-refractivity contribution in [3.05, 3.63) is 11.9 Å². The van der Waals surface area contributed by atoms with E-state index in [-0.39, 0.29) is 0 Å². The predicted octanol–water partition coefficient (Wildman–Crippen LogP) is 1.43. The van der Waals surface area contributed by atoms with E-state index in [9.17, 15) is 0 Å². The van der Waals surface area contributed by atoms with E-state index in [1.165, 1.54) is 12.8 Å². The van der Waals surface area contributed by atoms with Gasteiger partial charge in [-0.15, -0.1) is 0 Å². The van der Waals surface area contributed by atoms with Crippen LogP contribution in [0.25, 0.3) is 0 Å². The number of rotatable bonds is 5. The Hall–Kier alpha value is -1.36. The van der Waals surface area contributed by atoms with Gasteiger partial charge in [-0.25, -0.2) is 9.97 Å². The number of aromatic nitrogens is 2. The highest BCUT2D eigenvalue weighted by Gasteiger charge is 2.14. The molecule has 1 aromatic heterocycles. The summed E-state index contributed by atoms with van der Waals surface area (Å²) in [6.45, 7) is 9.35. The highest BCUT2D eigenvalue weighted by molar-refractivity contribution is 5.51. The summed E-state index contributed by atoms with van der Waals surface area (Å²) in [5.41, 5.74) is 0. The molecule has 0 spiro atoms. The van der Waals surface area contributed by atoms with Gasteiger partial charge < -0.3 is 15.1 Å². The zero-order valence-electron chi connectivity index (χ0n) is 12.3. The summed E-state index contributed by atoms with van der Waals surface area (Å²) in [7, 11) is 2.11. The van der Waals surface area contributed by atoms with Crippen LogP contribution in [0.1, 0.15) is 25.6 Å². The average molecular weight is 263 g/mol. The van der Waals surface area contributed by atoms with Gasteiger partial charge in [-0.1, -0.05) is 13.3 Å². The fourth-order valence-corrected chi connectivity index (χ4v) is 2.30. The molecule has 5 nitrogen and oxygen atoms in total. The third kappa shape index (κ3) is 3.80. The Kier molecular flexibility index (Phi) is 4.96. The van der Waals surface area contributed by atoms with Gasteiger partial charge in [0.15, 0.2) is 0 Å². The Morgan fingerprint density at radius 3 is 2.74 bits per heavy atom. The Morgan fingerprint density at radius 2 is 2.05 bits per heavy atom. The van der Waals surface area contributed by atoms with Crippen molar-refractivity contribution in [1.82, 2.24) is 15.3 Å². The number of hydrogen-bond acceptors (Lipinski definition) is 5. The molecule has 5 heteroatoms. The first-order chi connectivity index (χ1) is 9.20. The number of nitrogens with zero attached hydrogens (tertiary/aromatic N) is 4. The maximum Gasteiger partial charge on any atom is 0.134 e. The van der Waals surface area contributed by atoms with E-state index in [0.29, 0.717) is 0 Å². The van der Waals surface area contributed by atoms with Crippen LogP contribution in [0.3, 0.4) is 0 Å². The van der Waals surface area contributed by atoms with E-state index in [4.69, 9.17) is 0 Å². The first kappa shape index (κ1) is 14.1. The Morgan fingerprint density at radius 1 is 1.32 bits per heavy atom. The van der Waals surface area contributed by atoms with Crippen LogP contribution < -0.4 is 15.1 Å².